The molecule has 3 rings (SSSR count). The lowest BCUT2D eigenvalue weighted by molar-refractivity contribution is 0.0123. The number of benzene rings is 2. The molecular weight excluding hydrogens is 364 g/mol. The summed E-state index contributed by atoms with van der Waals surface area (Å²) in [4.78, 5) is 0. The molecule has 29 heavy (non-hydrogen) atoms. The first-order chi connectivity index (χ1) is 14.3. The molecule has 0 unspecified atom stereocenters. The summed E-state index contributed by atoms with van der Waals surface area (Å²) in [6.45, 7) is 8.51. The summed E-state index contributed by atoms with van der Waals surface area (Å²) in [5, 5.41) is 2.14. The number of ether oxygens (including phenoxy) is 4. The van der Waals surface area contributed by atoms with Crippen LogP contribution in [0.25, 0.3) is 10.8 Å². The molecule has 4 nitrogen and oxygen atoms in total. The molecule has 2 aromatic rings. The summed E-state index contributed by atoms with van der Waals surface area (Å²) < 4.78 is 23.7. The van der Waals surface area contributed by atoms with Crippen LogP contribution in [0.3, 0.4) is 0 Å². The van der Waals surface area contributed by atoms with Gasteiger partial charge in [0.15, 0.2) is 13.6 Å². The van der Waals surface area contributed by atoms with Crippen LogP contribution in [0.4, 0.5) is 0 Å². The Hall–Kier alpha value is -2.04. The first kappa shape index (κ1) is 21.7. The Bertz CT molecular complexity index is 825. The predicted octanol–water partition coefficient (Wildman–Crippen LogP) is 6.19. The van der Waals surface area contributed by atoms with Gasteiger partial charge in [0.05, 0.1) is 13.2 Å². The zero-order valence-corrected chi connectivity index (χ0v) is 18.1. The van der Waals surface area contributed by atoms with Gasteiger partial charge in [-0.25, -0.2) is 0 Å². The van der Waals surface area contributed by atoms with Gasteiger partial charge in [-0.1, -0.05) is 62.6 Å². The van der Waals surface area contributed by atoms with Crippen LogP contribution in [0, 0.1) is 0 Å². The Morgan fingerprint density at radius 1 is 0.793 bits per heavy atom. The van der Waals surface area contributed by atoms with Crippen LogP contribution in [-0.4, -0.2) is 26.8 Å². The smallest absolute Gasteiger partial charge is 0.189 e. The van der Waals surface area contributed by atoms with Crippen LogP contribution in [0.15, 0.2) is 35.9 Å². The molecule has 0 atom stereocenters. The van der Waals surface area contributed by atoms with Gasteiger partial charge in [0.1, 0.15) is 11.5 Å². The Morgan fingerprint density at radius 3 is 1.90 bits per heavy atom. The molecule has 0 saturated carbocycles. The average Bonchev–Trinajstić information content (AvgIpc) is 2.74. The number of rotatable bonds is 12. The van der Waals surface area contributed by atoms with Crippen molar-refractivity contribution in [2.45, 2.75) is 59.3 Å². The Labute approximate surface area is 174 Å². The van der Waals surface area contributed by atoms with Crippen molar-refractivity contribution in [1.82, 2.24) is 0 Å². The number of hydrogen-bond donors (Lipinski definition) is 0. The number of allylic oxidation sites excluding steroid dienone is 2. The summed E-state index contributed by atoms with van der Waals surface area (Å²) in [5.74, 6) is 1.86. The van der Waals surface area contributed by atoms with E-state index in [9.17, 15) is 0 Å². The van der Waals surface area contributed by atoms with E-state index in [2.05, 4.69) is 39.0 Å². The van der Waals surface area contributed by atoms with E-state index in [1.54, 1.807) is 0 Å². The van der Waals surface area contributed by atoms with E-state index in [0.717, 1.165) is 74.0 Å². The monoisotopic (exact) mass is 398 g/mol. The molecule has 0 heterocycles. The normalized spacial score (nSPS) is 13.3. The fourth-order valence-corrected chi connectivity index (χ4v) is 3.65. The SMILES string of the molecule is CCCCOCOc1c2c(c(OCOCCCC)c3ccccc13)CC(C)=CC2. The lowest BCUT2D eigenvalue weighted by atomic mass is 9.87. The molecule has 0 bridgehead atoms. The molecule has 0 radical (unpaired) electrons. The molecule has 0 aliphatic heterocycles. The molecule has 0 N–H and O–H groups in total. The van der Waals surface area contributed by atoms with Gasteiger partial charge < -0.3 is 18.9 Å². The van der Waals surface area contributed by atoms with Gasteiger partial charge in [-0.3, -0.25) is 0 Å². The minimum Gasteiger partial charge on any atom is -0.467 e. The van der Waals surface area contributed by atoms with Crippen LogP contribution < -0.4 is 9.47 Å². The lowest BCUT2D eigenvalue weighted by Gasteiger charge is -2.25. The highest BCUT2D eigenvalue weighted by atomic mass is 16.7. The third-order valence-corrected chi connectivity index (χ3v) is 5.30. The predicted molar refractivity (Wildman–Crippen MR) is 118 cm³/mol. The maximum Gasteiger partial charge on any atom is 0.189 e. The largest absolute Gasteiger partial charge is 0.467 e. The number of fused-ring (bicyclic) bond motifs is 2. The Morgan fingerprint density at radius 2 is 1.34 bits per heavy atom. The van der Waals surface area contributed by atoms with Gasteiger partial charge in [-0.2, -0.15) is 0 Å². The molecule has 2 aromatic carbocycles. The van der Waals surface area contributed by atoms with Crippen molar-refractivity contribution in [1.29, 1.82) is 0 Å². The minimum absolute atomic E-state index is 0.277. The van der Waals surface area contributed by atoms with Gasteiger partial charge >= 0.3 is 0 Å². The second-order valence-corrected chi connectivity index (χ2v) is 7.64. The minimum atomic E-state index is 0.277. The van der Waals surface area contributed by atoms with Crippen molar-refractivity contribution in [3.63, 3.8) is 0 Å². The zero-order valence-electron chi connectivity index (χ0n) is 18.1. The van der Waals surface area contributed by atoms with Gasteiger partial charge in [-0.15, -0.1) is 0 Å². The molecule has 1 aliphatic rings. The van der Waals surface area contributed by atoms with Crippen LogP contribution in [0.2, 0.25) is 0 Å². The van der Waals surface area contributed by atoms with E-state index in [0.29, 0.717) is 0 Å². The van der Waals surface area contributed by atoms with Gasteiger partial charge in [0, 0.05) is 21.9 Å². The maximum absolute atomic E-state index is 6.19. The van der Waals surface area contributed by atoms with Gasteiger partial charge in [-0.05, 0) is 32.6 Å². The van der Waals surface area contributed by atoms with Gasteiger partial charge in [0.25, 0.3) is 0 Å². The first-order valence-electron chi connectivity index (χ1n) is 10.9. The van der Waals surface area contributed by atoms with E-state index >= 15 is 0 Å². The molecule has 158 valence electrons. The molecule has 0 saturated heterocycles. The van der Waals surface area contributed by atoms with Crippen LogP contribution >= 0.6 is 0 Å². The van der Waals surface area contributed by atoms with Crippen molar-refractivity contribution in [3.05, 3.63) is 47.0 Å². The Balaban J connectivity index is 1.90. The molecule has 4 heteroatoms. The Kier molecular flexibility index (Phi) is 8.38. The topological polar surface area (TPSA) is 36.9 Å². The van der Waals surface area contributed by atoms with Crippen molar-refractivity contribution in [2.24, 2.45) is 0 Å². The van der Waals surface area contributed by atoms with E-state index in [1.807, 2.05) is 12.1 Å². The third-order valence-electron chi connectivity index (χ3n) is 5.30. The van der Waals surface area contributed by atoms with Gasteiger partial charge in [0.2, 0.25) is 0 Å². The summed E-state index contributed by atoms with van der Waals surface area (Å²) in [7, 11) is 0. The van der Waals surface area contributed by atoms with Crippen LogP contribution in [0.1, 0.15) is 57.6 Å². The standard InChI is InChI=1S/C25H34O4/c1-4-6-14-26-17-28-24-20-10-8-9-11-21(20)25(29-18-27-15-7-5-2)23-16-19(3)12-13-22(23)24/h8-12H,4-7,13-18H2,1-3H3. The summed E-state index contributed by atoms with van der Waals surface area (Å²) in [6.07, 6.45) is 8.34. The van der Waals surface area contributed by atoms with Crippen LogP contribution in [0.5, 0.6) is 11.5 Å². The molecule has 1 aliphatic carbocycles. The number of hydrogen-bond acceptors (Lipinski definition) is 4. The van der Waals surface area contributed by atoms with Crippen molar-refractivity contribution >= 4 is 10.8 Å². The molecular formula is C25H34O4. The van der Waals surface area contributed by atoms with E-state index in [1.165, 1.54) is 16.7 Å². The quantitative estimate of drug-likeness (QED) is 0.243. The van der Waals surface area contributed by atoms with Crippen molar-refractivity contribution in [2.75, 3.05) is 26.8 Å². The highest BCUT2D eigenvalue weighted by Crippen LogP contribution is 2.44. The fraction of sp³-hybridized carbons (Fsp3) is 0.520. The first-order valence-corrected chi connectivity index (χ1v) is 10.9. The second-order valence-electron chi connectivity index (χ2n) is 7.64. The summed E-state index contributed by atoms with van der Waals surface area (Å²) in [6, 6.07) is 8.31. The van der Waals surface area contributed by atoms with Crippen LogP contribution in [-0.2, 0) is 22.3 Å². The van der Waals surface area contributed by atoms with Crippen molar-refractivity contribution in [3.8, 4) is 11.5 Å². The molecule has 0 aromatic heterocycles. The van der Waals surface area contributed by atoms with E-state index in [-0.39, 0.29) is 13.6 Å². The summed E-state index contributed by atoms with van der Waals surface area (Å²) >= 11 is 0. The number of unbranched alkanes of at least 4 members (excludes halogenated alkanes) is 2. The third kappa shape index (κ3) is 5.52. The van der Waals surface area contributed by atoms with E-state index in [4.69, 9.17) is 18.9 Å². The highest BCUT2D eigenvalue weighted by molar-refractivity contribution is 5.96. The van der Waals surface area contributed by atoms with Crippen molar-refractivity contribution < 1.29 is 18.9 Å². The molecule has 0 amide bonds. The average molecular weight is 399 g/mol. The molecule has 0 fully saturated rings. The van der Waals surface area contributed by atoms with E-state index < -0.39 is 0 Å². The maximum atomic E-state index is 6.19. The lowest BCUT2D eigenvalue weighted by Crippen LogP contribution is -2.13. The zero-order chi connectivity index (χ0) is 20.5. The highest BCUT2D eigenvalue weighted by Gasteiger charge is 2.23. The second kappa shape index (κ2) is 11.2. The molecule has 0 spiro atoms. The summed E-state index contributed by atoms with van der Waals surface area (Å²) in [5.41, 5.74) is 3.78. The fourth-order valence-electron chi connectivity index (χ4n) is 3.65.